The number of phenols is 1. The summed E-state index contributed by atoms with van der Waals surface area (Å²) in [5.41, 5.74) is 6.50. The van der Waals surface area contributed by atoms with E-state index in [1.165, 1.54) is 12.1 Å². The van der Waals surface area contributed by atoms with E-state index in [1.54, 1.807) is 0 Å². The van der Waals surface area contributed by atoms with Gasteiger partial charge < -0.3 is 15.9 Å². The number of benzene rings is 1. The van der Waals surface area contributed by atoms with E-state index in [1.807, 2.05) is 0 Å². The highest BCUT2D eigenvalue weighted by molar-refractivity contribution is 9.10. The Labute approximate surface area is 108 Å². The van der Waals surface area contributed by atoms with Gasteiger partial charge in [0, 0.05) is 11.6 Å². The number of nitrogens with two attached hydrogens (primary N) is 1. The molecule has 1 aliphatic rings. The molecule has 0 amide bonds. The molecule has 5 heteroatoms. The van der Waals surface area contributed by atoms with E-state index in [9.17, 15) is 9.90 Å². The van der Waals surface area contributed by atoms with Crippen LogP contribution in [0.5, 0.6) is 5.75 Å². The van der Waals surface area contributed by atoms with Gasteiger partial charge in [-0.15, -0.1) is 0 Å². The molecule has 2 rings (SSSR count). The maximum atomic E-state index is 11.1. The first kappa shape index (κ1) is 12.4. The second-order valence-electron chi connectivity index (χ2n) is 4.38. The predicted molar refractivity (Wildman–Crippen MR) is 67.0 cm³/mol. The molecule has 0 bridgehead atoms. The third-order valence-electron chi connectivity index (χ3n) is 3.39. The van der Waals surface area contributed by atoms with Gasteiger partial charge in [-0.3, -0.25) is 0 Å². The SMILES string of the molecule is N[C@@H](c1c(C(=O)O)ccc(Br)c1O)C1CCC1. The van der Waals surface area contributed by atoms with Gasteiger partial charge in [0.05, 0.1) is 10.0 Å². The minimum Gasteiger partial charge on any atom is -0.506 e. The van der Waals surface area contributed by atoms with Crippen molar-refractivity contribution in [2.45, 2.75) is 25.3 Å². The summed E-state index contributed by atoms with van der Waals surface area (Å²) >= 11 is 3.19. The van der Waals surface area contributed by atoms with Gasteiger partial charge in [-0.1, -0.05) is 6.42 Å². The normalized spacial score (nSPS) is 17.5. The summed E-state index contributed by atoms with van der Waals surface area (Å²) in [6.45, 7) is 0. The molecule has 4 N–H and O–H groups in total. The molecule has 4 nitrogen and oxygen atoms in total. The Morgan fingerprint density at radius 1 is 1.47 bits per heavy atom. The lowest BCUT2D eigenvalue weighted by Crippen LogP contribution is -2.28. The molecule has 92 valence electrons. The van der Waals surface area contributed by atoms with Crippen molar-refractivity contribution in [1.29, 1.82) is 0 Å². The first-order valence-corrected chi connectivity index (χ1v) is 6.32. The van der Waals surface area contributed by atoms with E-state index in [4.69, 9.17) is 10.8 Å². The number of carbonyl (C=O) groups is 1. The Bertz CT molecular complexity index is 457. The second kappa shape index (κ2) is 4.66. The summed E-state index contributed by atoms with van der Waals surface area (Å²) < 4.78 is 0.479. The van der Waals surface area contributed by atoms with Crippen LogP contribution < -0.4 is 5.73 Å². The van der Waals surface area contributed by atoms with Crippen LogP contribution in [-0.4, -0.2) is 16.2 Å². The summed E-state index contributed by atoms with van der Waals surface area (Å²) in [5, 5.41) is 19.1. The van der Waals surface area contributed by atoms with Crippen molar-refractivity contribution in [2.24, 2.45) is 11.7 Å². The van der Waals surface area contributed by atoms with Crippen molar-refractivity contribution in [3.63, 3.8) is 0 Å². The van der Waals surface area contributed by atoms with Crippen molar-refractivity contribution in [3.8, 4) is 5.75 Å². The van der Waals surface area contributed by atoms with Gasteiger partial charge in [-0.05, 0) is 46.8 Å². The lowest BCUT2D eigenvalue weighted by molar-refractivity contribution is 0.0693. The van der Waals surface area contributed by atoms with E-state index in [2.05, 4.69) is 15.9 Å². The van der Waals surface area contributed by atoms with Crippen LogP contribution in [-0.2, 0) is 0 Å². The summed E-state index contributed by atoms with van der Waals surface area (Å²) in [6.07, 6.45) is 3.11. The number of halogens is 1. The van der Waals surface area contributed by atoms with Gasteiger partial charge in [0.15, 0.2) is 0 Å². The molecule has 0 saturated heterocycles. The van der Waals surface area contributed by atoms with E-state index < -0.39 is 12.0 Å². The number of carboxylic acid groups (broad SMARTS) is 1. The maximum absolute atomic E-state index is 11.1. The molecule has 17 heavy (non-hydrogen) atoms. The van der Waals surface area contributed by atoms with E-state index in [-0.39, 0.29) is 17.2 Å². The number of aromatic carboxylic acids is 1. The third kappa shape index (κ3) is 2.17. The van der Waals surface area contributed by atoms with Crippen LogP contribution in [0, 0.1) is 5.92 Å². The lowest BCUT2D eigenvalue weighted by Gasteiger charge is -2.32. The Hall–Kier alpha value is -1.07. The molecule has 0 radical (unpaired) electrons. The summed E-state index contributed by atoms with van der Waals surface area (Å²) in [6, 6.07) is 2.59. The van der Waals surface area contributed by atoms with Crippen molar-refractivity contribution in [1.82, 2.24) is 0 Å². The quantitative estimate of drug-likeness (QED) is 0.801. The fraction of sp³-hybridized carbons (Fsp3) is 0.417. The number of aromatic hydroxyl groups is 1. The highest BCUT2D eigenvalue weighted by Gasteiger charge is 2.31. The predicted octanol–water partition coefficient (Wildman–Crippen LogP) is 2.65. The monoisotopic (exact) mass is 299 g/mol. The Kier molecular flexibility index (Phi) is 3.40. The molecule has 1 saturated carbocycles. The molecule has 0 aliphatic heterocycles. The largest absolute Gasteiger partial charge is 0.506 e. The molecular weight excluding hydrogens is 286 g/mol. The molecule has 0 spiro atoms. The van der Waals surface area contributed by atoms with Crippen LogP contribution in [0.1, 0.15) is 41.2 Å². The van der Waals surface area contributed by atoms with E-state index >= 15 is 0 Å². The zero-order valence-electron chi connectivity index (χ0n) is 9.19. The van der Waals surface area contributed by atoms with Gasteiger partial charge in [0.1, 0.15) is 5.75 Å². The third-order valence-corrected chi connectivity index (χ3v) is 4.03. The average molecular weight is 300 g/mol. The first-order valence-electron chi connectivity index (χ1n) is 5.52. The molecule has 1 aromatic rings. The minimum absolute atomic E-state index is 0.0516. The Morgan fingerprint density at radius 3 is 2.59 bits per heavy atom. The molecular formula is C12H14BrNO3. The van der Waals surface area contributed by atoms with Gasteiger partial charge in [0.25, 0.3) is 0 Å². The van der Waals surface area contributed by atoms with Gasteiger partial charge in [0.2, 0.25) is 0 Å². The summed E-state index contributed by atoms with van der Waals surface area (Å²) in [4.78, 5) is 11.1. The average Bonchev–Trinajstić information content (AvgIpc) is 2.18. The zero-order chi connectivity index (χ0) is 12.6. The summed E-state index contributed by atoms with van der Waals surface area (Å²) in [5.74, 6) is -0.838. The van der Waals surface area contributed by atoms with Gasteiger partial charge >= 0.3 is 5.97 Å². The molecule has 1 atom stereocenters. The number of hydrogen-bond acceptors (Lipinski definition) is 3. The van der Waals surface area contributed by atoms with E-state index in [0.29, 0.717) is 10.0 Å². The number of hydrogen-bond donors (Lipinski definition) is 3. The molecule has 0 aromatic heterocycles. The first-order chi connectivity index (χ1) is 8.02. The topological polar surface area (TPSA) is 83.6 Å². The molecule has 1 fully saturated rings. The Morgan fingerprint density at radius 2 is 2.12 bits per heavy atom. The van der Waals surface area contributed by atoms with E-state index in [0.717, 1.165) is 19.3 Å². The van der Waals surface area contributed by atoms with Crippen molar-refractivity contribution in [2.75, 3.05) is 0 Å². The standard InChI is InChI=1S/C12H14BrNO3/c13-8-5-4-7(12(16)17)9(11(8)15)10(14)6-2-1-3-6/h4-6,10,15H,1-3,14H2,(H,16,17)/t10-/m1/s1. The zero-order valence-corrected chi connectivity index (χ0v) is 10.8. The van der Waals surface area contributed by atoms with Crippen LogP contribution in [0.15, 0.2) is 16.6 Å². The second-order valence-corrected chi connectivity index (χ2v) is 5.23. The van der Waals surface area contributed by atoms with Crippen molar-refractivity contribution in [3.05, 3.63) is 27.7 Å². The van der Waals surface area contributed by atoms with Gasteiger partial charge in [-0.25, -0.2) is 4.79 Å². The number of phenolic OH excluding ortho intramolecular Hbond substituents is 1. The fourth-order valence-corrected chi connectivity index (χ4v) is 2.49. The maximum Gasteiger partial charge on any atom is 0.336 e. The number of rotatable bonds is 3. The molecule has 1 aromatic carbocycles. The van der Waals surface area contributed by atoms with Crippen LogP contribution >= 0.6 is 15.9 Å². The van der Waals surface area contributed by atoms with Crippen molar-refractivity contribution >= 4 is 21.9 Å². The lowest BCUT2D eigenvalue weighted by atomic mass is 9.76. The number of carboxylic acids is 1. The minimum atomic E-state index is -1.06. The van der Waals surface area contributed by atoms with Crippen LogP contribution in [0.25, 0.3) is 0 Å². The van der Waals surface area contributed by atoms with Gasteiger partial charge in [-0.2, -0.15) is 0 Å². The highest BCUT2D eigenvalue weighted by atomic mass is 79.9. The van der Waals surface area contributed by atoms with Crippen LogP contribution in [0.4, 0.5) is 0 Å². The Balaban J connectivity index is 2.48. The smallest absolute Gasteiger partial charge is 0.336 e. The molecule has 0 unspecified atom stereocenters. The highest BCUT2D eigenvalue weighted by Crippen LogP contribution is 2.42. The summed E-state index contributed by atoms with van der Waals surface area (Å²) in [7, 11) is 0. The molecule has 1 aliphatic carbocycles. The van der Waals surface area contributed by atoms with Crippen LogP contribution in [0.3, 0.4) is 0 Å². The van der Waals surface area contributed by atoms with Crippen LogP contribution in [0.2, 0.25) is 0 Å². The molecule has 0 heterocycles. The fourth-order valence-electron chi connectivity index (χ4n) is 2.14. The van der Waals surface area contributed by atoms with Crippen molar-refractivity contribution < 1.29 is 15.0 Å².